The van der Waals surface area contributed by atoms with Crippen molar-refractivity contribution >= 4 is 24.4 Å². The zero-order valence-electron chi connectivity index (χ0n) is 26.8. The Balaban J connectivity index is 2.45. The summed E-state index contributed by atoms with van der Waals surface area (Å²) in [5, 5.41) is 6.52. The second kappa shape index (κ2) is 28.5. The molecular weight excluding hydrogens is 528 g/mol. The molecule has 0 aromatic rings. The maximum absolute atomic E-state index is 12.1. The summed E-state index contributed by atoms with van der Waals surface area (Å²) in [5.41, 5.74) is 0.972. The first kappa shape index (κ1) is 37.4. The van der Waals surface area contributed by atoms with Crippen LogP contribution in [0.1, 0.15) is 128 Å². The quantitative estimate of drug-likeness (QED) is 0.330. The molecule has 42 heavy (non-hydrogen) atoms. The van der Waals surface area contributed by atoms with E-state index < -0.39 is 0 Å². The molecule has 0 aromatic carbocycles. The van der Waals surface area contributed by atoms with Gasteiger partial charge < -0.3 is 20.1 Å². The largest absolute Gasteiger partial charge is 0.465 e. The van der Waals surface area contributed by atoms with Gasteiger partial charge in [0.25, 0.3) is 0 Å². The summed E-state index contributed by atoms with van der Waals surface area (Å²) in [4.78, 5) is 33.0. The van der Waals surface area contributed by atoms with Gasteiger partial charge in [-0.3, -0.25) is 9.98 Å². The Morgan fingerprint density at radius 2 is 0.786 bits per heavy atom. The number of hydrogen-bond acceptors (Lipinski definition) is 8. The van der Waals surface area contributed by atoms with Crippen LogP contribution in [0.4, 0.5) is 0 Å². The first-order valence-electron chi connectivity index (χ1n) is 16.7. The van der Waals surface area contributed by atoms with Gasteiger partial charge in [-0.1, -0.05) is 103 Å². The van der Waals surface area contributed by atoms with Crippen molar-refractivity contribution in [2.24, 2.45) is 9.98 Å². The average molecular weight is 589 g/mol. The molecule has 0 spiro atoms. The molecule has 8 nitrogen and oxygen atoms in total. The standard InChI is InChI=1S/C34H60N4O4/c1-41-33(39)31-27-35-23-19-15-11-7-3-5-9-13-17-21-25-37-29-32(34(40)42-2)30-38-26-22-18-14-10-6-4-8-12-16-20-24-36-28-31/h27-30,35,38H,3-26H2,1-2H3/b31-27+,32-30+,36-28?,37-29?. The third kappa shape index (κ3) is 22.0. The lowest BCUT2D eigenvalue weighted by atomic mass is 10.1. The molecule has 1 rings (SSSR count). The third-order valence-electron chi connectivity index (χ3n) is 7.53. The minimum atomic E-state index is -0.344. The van der Waals surface area contributed by atoms with E-state index in [-0.39, 0.29) is 11.9 Å². The third-order valence-corrected chi connectivity index (χ3v) is 7.53. The van der Waals surface area contributed by atoms with Crippen molar-refractivity contribution in [2.75, 3.05) is 40.4 Å². The van der Waals surface area contributed by atoms with Crippen LogP contribution < -0.4 is 10.6 Å². The van der Waals surface area contributed by atoms with E-state index in [0.29, 0.717) is 11.1 Å². The Morgan fingerprint density at radius 3 is 1.10 bits per heavy atom. The summed E-state index contributed by atoms with van der Waals surface area (Å²) in [5.74, 6) is -0.689. The number of hydrogen-bond donors (Lipinski definition) is 2. The molecule has 0 aliphatic carbocycles. The summed E-state index contributed by atoms with van der Waals surface area (Å²) in [6, 6.07) is 0. The molecule has 1 aliphatic rings. The minimum Gasteiger partial charge on any atom is -0.465 e. The number of nitrogens with zero attached hydrogens (tertiary/aromatic N) is 2. The van der Waals surface area contributed by atoms with Crippen molar-refractivity contribution in [1.29, 1.82) is 0 Å². The van der Waals surface area contributed by atoms with Crippen molar-refractivity contribution in [3.63, 3.8) is 0 Å². The van der Waals surface area contributed by atoms with E-state index in [0.717, 1.165) is 51.9 Å². The fourth-order valence-electron chi connectivity index (χ4n) is 4.91. The van der Waals surface area contributed by atoms with E-state index >= 15 is 0 Å². The molecule has 0 amide bonds. The van der Waals surface area contributed by atoms with Gasteiger partial charge >= 0.3 is 11.9 Å². The van der Waals surface area contributed by atoms with Crippen molar-refractivity contribution in [3.05, 3.63) is 23.5 Å². The van der Waals surface area contributed by atoms with Gasteiger partial charge in [-0.2, -0.15) is 0 Å². The van der Waals surface area contributed by atoms with Crippen LogP contribution in [0.2, 0.25) is 0 Å². The molecule has 1 aliphatic heterocycles. The number of aliphatic imine (C=N–C) groups is 2. The zero-order valence-corrected chi connectivity index (χ0v) is 26.8. The summed E-state index contributed by atoms with van der Waals surface area (Å²) in [6.45, 7) is 3.19. The fraction of sp³-hybridized carbons (Fsp3) is 0.765. The van der Waals surface area contributed by atoms with Crippen LogP contribution in [0.3, 0.4) is 0 Å². The molecule has 0 atom stereocenters. The first-order valence-corrected chi connectivity index (χ1v) is 16.7. The number of esters is 2. The molecule has 2 N–H and O–H groups in total. The Bertz CT molecular complexity index is 741. The van der Waals surface area contributed by atoms with E-state index in [2.05, 4.69) is 20.6 Å². The summed E-state index contributed by atoms with van der Waals surface area (Å²) in [6.07, 6.45) is 31.0. The topological polar surface area (TPSA) is 101 Å². The van der Waals surface area contributed by atoms with Crippen molar-refractivity contribution < 1.29 is 19.1 Å². The van der Waals surface area contributed by atoms with E-state index in [9.17, 15) is 9.59 Å². The van der Waals surface area contributed by atoms with Gasteiger partial charge in [-0.25, -0.2) is 9.59 Å². The second-order valence-corrected chi connectivity index (χ2v) is 11.2. The molecule has 0 radical (unpaired) electrons. The predicted molar refractivity (Wildman–Crippen MR) is 175 cm³/mol. The van der Waals surface area contributed by atoms with Crippen LogP contribution in [-0.2, 0) is 19.1 Å². The molecule has 0 saturated carbocycles. The van der Waals surface area contributed by atoms with E-state index in [1.54, 1.807) is 24.8 Å². The van der Waals surface area contributed by atoms with Crippen molar-refractivity contribution in [2.45, 2.75) is 128 Å². The molecule has 8 heteroatoms. The number of nitrogens with one attached hydrogen (secondary N) is 2. The summed E-state index contributed by atoms with van der Waals surface area (Å²) >= 11 is 0. The normalized spacial score (nSPS) is 22.4. The van der Waals surface area contributed by atoms with E-state index in [1.807, 2.05) is 0 Å². The highest BCUT2D eigenvalue weighted by atomic mass is 16.5. The Morgan fingerprint density at radius 1 is 0.500 bits per heavy atom. The lowest BCUT2D eigenvalue weighted by molar-refractivity contribution is -0.136. The molecule has 0 fully saturated rings. The Kier molecular flexibility index (Phi) is 25.3. The smallest absolute Gasteiger partial charge is 0.340 e. The van der Waals surface area contributed by atoms with E-state index in [4.69, 9.17) is 9.47 Å². The van der Waals surface area contributed by atoms with E-state index in [1.165, 1.54) is 117 Å². The zero-order chi connectivity index (χ0) is 30.4. The lowest BCUT2D eigenvalue weighted by Gasteiger charge is -2.05. The lowest BCUT2D eigenvalue weighted by Crippen LogP contribution is -2.14. The number of carbonyl (C=O) groups excluding carboxylic acids is 2. The monoisotopic (exact) mass is 588 g/mol. The average Bonchev–Trinajstić information content (AvgIpc) is 3.00. The number of ether oxygens (including phenoxy) is 2. The maximum atomic E-state index is 12.1. The molecule has 0 unspecified atom stereocenters. The van der Waals surface area contributed by atoms with Crippen LogP contribution in [0, 0.1) is 0 Å². The van der Waals surface area contributed by atoms with Crippen LogP contribution >= 0.6 is 0 Å². The highest BCUT2D eigenvalue weighted by Gasteiger charge is 2.07. The molecule has 0 aromatic heterocycles. The summed E-state index contributed by atoms with van der Waals surface area (Å²) < 4.78 is 9.82. The van der Waals surface area contributed by atoms with Crippen LogP contribution in [0.25, 0.3) is 0 Å². The number of methoxy groups -OCH3 is 2. The van der Waals surface area contributed by atoms with Crippen LogP contribution in [0.15, 0.2) is 33.5 Å². The molecule has 0 bridgehead atoms. The van der Waals surface area contributed by atoms with Gasteiger partial charge in [0, 0.05) is 51.0 Å². The van der Waals surface area contributed by atoms with Gasteiger partial charge in [0.1, 0.15) is 0 Å². The van der Waals surface area contributed by atoms with Crippen LogP contribution in [0.5, 0.6) is 0 Å². The highest BCUT2D eigenvalue weighted by Crippen LogP contribution is 2.12. The first-order chi connectivity index (χ1) is 20.7. The predicted octanol–water partition coefficient (Wildman–Crippen LogP) is 7.24. The number of rotatable bonds is 2. The Labute approximate surface area is 256 Å². The molecular formula is C34H60N4O4. The molecule has 0 saturated heterocycles. The maximum Gasteiger partial charge on any atom is 0.340 e. The molecule has 240 valence electrons. The van der Waals surface area contributed by atoms with Crippen LogP contribution in [-0.4, -0.2) is 64.8 Å². The van der Waals surface area contributed by atoms with Gasteiger partial charge in [-0.05, 0) is 25.7 Å². The van der Waals surface area contributed by atoms with Gasteiger partial charge in [0.2, 0.25) is 0 Å². The number of carbonyl (C=O) groups is 2. The van der Waals surface area contributed by atoms with Gasteiger partial charge in [-0.15, -0.1) is 0 Å². The Hall–Kier alpha value is -2.64. The summed E-state index contributed by atoms with van der Waals surface area (Å²) in [7, 11) is 2.83. The van der Waals surface area contributed by atoms with Crippen molar-refractivity contribution in [3.8, 4) is 0 Å². The second-order valence-electron chi connectivity index (χ2n) is 11.2. The minimum absolute atomic E-state index is 0.344. The van der Waals surface area contributed by atoms with Crippen molar-refractivity contribution in [1.82, 2.24) is 10.6 Å². The van der Waals surface area contributed by atoms with Gasteiger partial charge in [0.15, 0.2) is 0 Å². The fourth-order valence-corrected chi connectivity index (χ4v) is 4.91. The highest BCUT2D eigenvalue weighted by molar-refractivity contribution is 6.09. The SMILES string of the molecule is COC(=O)/C1=C/NCCCCCCCCCCCCN=C/C(C(=O)OC)=C\NCCCCCCCCCCCCN=C1. The van der Waals surface area contributed by atoms with Gasteiger partial charge in [0.05, 0.1) is 25.4 Å². The molecule has 1 heterocycles.